The predicted octanol–water partition coefficient (Wildman–Crippen LogP) is 3.21. The summed E-state index contributed by atoms with van der Waals surface area (Å²) in [6.45, 7) is 0. The molecule has 5 heteroatoms. The van der Waals surface area contributed by atoms with E-state index in [1.54, 1.807) is 18.3 Å². The molecule has 0 bridgehead atoms. The molecule has 0 saturated heterocycles. The van der Waals surface area contributed by atoms with Crippen LogP contribution in [0.4, 0.5) is 15.9 Å². The second kappa shape index (κ2) is 4.89. The molecule has 1 heterocycles. The van der Waals surface area contributed by atoms with Crippen molar-refractivity contribution in [1.29, 1.82) is 0 Å². The average Bonchev–Trinajstić information content (AvgIpc) is 2.46. The molecular weight excluding hydrogens is 243 g/mol. The minimum atomic E-state index is -0.268. The van der Waals surface area contributed by atoms with E-state index in [2.05, 4.69) is 20.8 Å². The van der Waals surface area contributed by atoms with Crippen molar-refractivity contribution in [2.45, 2.75) is 0 Å². The molecule has 94 valence electrons. The Kier molecular flexibility index (Phi) is 2.94. The van der Waals surface area contributed by atoms with E-state index in [1.807, 2.05) is 24.3 Å². The third kappa shape index (κ3) is 2.60. The van der Waals surface area contributed by atoms with Crippen LogP contribution in [0.1, 0.15) is 0 Å². The average molecular weight is 254 g/mol. The molecule has 3 rings (SSSR count). The maximum absolute atomic E-state index is 12.8. The lowest BCUT2D eigenvalue weighted by atomic mass is 10.3. The smallest absolute Gasteiger partial charge is 0.163 e. The van der Waals surface area contributed by atoms with Gasteiger partial charge in [0.1, 0.15) is 5.82 Å². The van der Waals surface area contributed by atoms with E-state index in [0.29, 0.717) is 5.82 Å². The summed E-state index contributed by atoms with van der Waals surface area (Å²) in [5, 5.41) is 0. The van der Waals surface area contributed by atoms with Crippen LogP contribution in [0.5, 0.6) is 0 Å². The van der Waals surface area contributed by atoms with Gasteiger partial charge in [-0.2, -0.15) is 0 Å². The van der Waals surface area contributed by atoms with Gasteiger partial charge in [-0.25, -0.2) is 9.37 Å². The molecule has 19 heavy (non-hydrogen) atoms. The second-order valence-electron chi connectivity index (χ2n) is 4.00. The van der Waals surface area contributed by atoms with Crippen LogP contribution in [0.2, 0.25) is 0 Å². The van der Waals surface area contributed by atoms with Crippen molar-refractivity contribution in [3.63, 3.8) is 0 Å². The van der Waals surface area contributed by atoms with Crippen LogP contribution in [0.25, 0.3) is 11.0 Å². The van der Waals surface area contributed by atoms with Crippen LogP contribution < -0.4 is 10.9 Å². The zero-order valence-corrected chi connectivity index (χ0v) is 9.97. The van der Waals surface area contributed by atoms with Gasteiger partial charge < -0.3 is 0 Å². The number of aromatic nitrogens is 2. The van der Waals surface area contributed by atoms with Gasteiger partial charge >= 0.3 is 0 Å². The highest BCUT2D eigenvalue weighted by Gasteiger charge is 1.98. The lowest BCUT2D eigenvalue weighted by molar-refractivity contribution is 0.628. The van der Waals surface area contributed by atoms with E-state index >= 15 is 0 Å². The zero-order valence-electron chi connectivity index (χ0n) is 9.97. The van der Waals surface area contributed by atoms with Gasteiger partial charge in [0.25, 0.3) is 0 Å². The molecule has 0 fully saturated rings. The summed E-state index contributed by atoms with van der Waals surface area (Å²) in [6, 6.07) is 13.7. The number of rotatable bonds is 3. The van der Waals surface area contributed by atoms with E-state index in [1.165, 1.54) is 12.1 Å². The van der Waals surface area contributed by atoms with Gasteiger partial charge in [-0.3, -0.25) is 15.8 Å². The number of benzene rings is 2. The zero-order chi connectivity index (χ0) is 13.1. The van der Waals surface area contributed by atoms with Crippen LogP contribution in [-0.4, -0.2) is 9.97 Å². The number of hydrogen-bond acceptors (Lipinski definition) is 4. The third-order valence-electron chi connectivity index (χ3n) is 2.63. The summed E-state index contributed by atoms with van der Waals surface area (Å²) in [6.07, 6.45) is 1.64. The van der Waals surface area contributed by atoms with E-state index < -0.39 is 0 Å². The van der Waals surface area contributed by atoms with Gasteiger partial charge in [-0.1, -0.05) is 12.1 Å². The number of nitrogens with zero attached hydrogens (tertiary/aromatic N) is 2. The van der Waals surface area contributed by atoms with Crippen molar-refractivity contribution in [2.24, 2.45) is 0 Å². The lowest BCUT2D eigenvalue weighted by Crippen LogP contribution is -2.10. The van der Waals surface area contributed by atoms with E-state index in [0.717, 1.165) is 16.7 Å². The molecule has 0 unspecified atom stereocenters. The number of hydrazine groups is 1. The highest BCUT2D eigenvalue weighted by Crippen LogP contribution is 2.12. The fraction of sp³-hybridized carbons (Fsp3) is 0. The lowest BCUT2D eigenvalue weighted by Gasteiger charge is -2.08. The SMILES string of the molecule is Fc1ccc(NNc2cnc3ccccc3n2)cc1. The monoisotopic (exact) mass is 254 g/mol. The van der Waals surface area contributed by atoms with E-state index in [4.69, 9.17) is 0 Å². The van der Waals surface area contributed by atoms with E-state index in [-0.39, 0.29) is 5.82 Å². The van der Waals surface area contributed by atoms with Crippen molar-refractivity contribution in [1.82, 2.24) is 9.97 Å². The fourth-order valence-corrected chi connectivity index (χ4v) is 1.69. The van der Waals surface area contributed by atoms with Crippen molar-refractivity contribution in [3.8, 4) is 0 Å². The van der Waals surface area contributed by atoms with Crippen LogP contribution in [0.15, 0.2) is 54.7 Å². The Labute approximate surface area is 109 Å². The van der Waals surface area contributed by atoms with Crippen LogP contribution in [0.3, 0.4) is 0 Å². The number of para-hydroxylation sites is 2. The van der Waals surface area contributed by atoms with Crippen molar-refractivity contribution >= 4 is 22.5 Å². The Morgan fingerprint density at radius 1 is 0.842 bits per heavy atom. The second-order valence-corrected chi connectivity index (χ2v) is 4.00. The maximum Gasteiger partial charge on any atom is 0.163 e. The first-order chi connectivity index (χ1) is 9.31. The summed E-state index contributed by atoms with van der Waals surface area (Å²) in [5.74, 6) is 0.332. The van der Waals surface area contributed by atoms with Crippen LogP contribution >= 0.6 is 0 Å². The van der Waals surface area contributed by atoms with Crippen LogP contribution in [0, 0.1) is 5.82 Å². The van der Waals surface area contributed by atoms with Gasteiger partial charge in [0, 0.05) is 0 Å². The summed E-state index contributed by atoms with van der Waals surface area (Å²) < 4.78 is 12.8. The Hall–Kier alpha value is -2.69. The molecular formula is C14H11FN4. The van der Waals surface area contributed by atoms with Gasteiger partial charge in [0.15, 0.2) is 5.82 Å². The molecule has 0 spiro atoms. The topological polar surface area (TPSA) is 49.8 Å². The minimum Gasteiger partial charge on any atom is -0.300 e. The molecule has 2 N–H and O–H groups in total. The maximum atomic E-state index is 12.8. The molecule has 0 amide bonds. The Balaban J connectivity index is 1.76. The van der Waals surface area contributed by atoms with Gasteiger partial charge in [0.05, 0.1) is 22.9 Å². The third-order valence-corrected chi connectivity index (χ3v) is 2.63. The summed E-state index contributed by atoms with van der Waals surface area (Å²) in [4.78, 5) is 8.68. The Morgan fingerprint density at radius 3 is 2.37 bits per heavy atom. The quantitative estimate of drug-likeness (QED) is 0.705. The molecule has 0 aliphatic heterocycles. The largest absolute Gasteiger partial charge is 0.300 e. The fourth-order valence-electron chi connectivity index (χ4n) is 1.69. The first-order valence-electron chi connectivity index (χ1n) is 5.81. The minimum absolute atomic E-state index is 0.268. The standard InChI is InChI=1S/C14H11FN4/c15-10-5-7-11(8-6-10)18-19-14-9-16-12-3-1-2-4-13(12)17-14/h1-9,18H,(H,17,19). The molecule has 0 aliphatic rings. The highest BCUT2D eigenvalue weighted by atomic mass is 19.1. The number of halogens is 1. The number of anilines is 2. The molecule has 1 aromatic heterocycles. The summed E-state index contributed by atoms with van der Waals surface area (Å²) >= 11 is 0. The number of fused-ring (bicyclic) bond motifs is 1. The predicted molar refractivity (Wildman–Crippen MR) is 73.2 cm³/mol. The van der Waals surface area contributed by atoms with Gasteiger partial charge in [-0.15, -0.1) is 0 Å². The molecule has 0 aliphatic carbocycles. The van der Waals surface area contributed by atoms with Gasteiger partial charge in [0.2, 0.25) is 0 Å². The Bertz CT molecular complexity index is 697. The molecule has 3 aromatic rings. The van der Waals surface area contributed by atoms with Crippen LogP contribution in [-0.2, 0) is 0 Å². The normalized spacial score (nSPS) is 10.4. The molecule has 2 aromatic carbocycles. The number of nitrogens with one attached hydrogen (secondary N) is 2. The molecule has 4 nitrogen and oxygen atoms in total. The summed E-state index contributed by atoms with van der Waals surface area (Å²) in [7, 11) is 0. The summed E-state index contributed by atoms with van der Waals surface area (Å²) in [5.41, 5.74) is 8.26. The first kappa shape index (κ1) is 11.4. The molecule has 0 radical (unpaired) electrons. The van der Waals surface area contributed by atoms with Gasteiger partial charge in [-0.05, 0) is 36.4 Å². The number of hydrogen-bond donors (Lipinski definition) is 2. The van der Waals surface area contributed by atoms with Crippen molar-refractivity contribution < 1.29 is 4.39 Å². The van der Waals surface area contributed by atoms with Crippen molar-refractivity contribution in [3.05, 3.63) is 60.5 Å². The van der Waals surface area contributed by atoms with Crippen molar-refractivity contribution in [2.75, 3.05) is 10.9 Å². The first-order valence-corrected chi connectivity index (χ1v) is 5.81. The Morgan fingerprint density at radius 2 is 1.58 bits per heavy atom. The highest BCUT2D eigenvalue weighted by molar-refractivity contribution is 5.75. The molecule has 0 saturated carbocycles. The van der Waals surface area contributed by atoms with E-state index in [9.17, 15) is 4.39 Å². The molecule has 0 atom stereocenters.